The summed E-state index contributed by atoms with van der Waals surface area (Å²) >= 11 is 0. The van der Waals surface area contributed by atoms with E-state index in [1.54, 1.807) is 13.8 Å². The van der Waals surface area contributed by atoms with Gasteiger partial charge in [0, 0.05) is 62.6 Å². The molecule has 0 unspecified atom stereocenters. The summed E-state index contributed by atoms with van der Waals surface area (Å²) in [7, 11) is 0. The van der Waals surface area contributed by atoms with Crippen LogP contribution in [0.3, 0.4) is 0 Å². The van der Waals surface area contributed by atoms with Crippen LogP contribution in [0.25, 0.3) is 6.08 Å². The van der Waals surface area contributed by atoms with E-state index in [-0.39, 0.29) is 33.2 Å². The molecule has 4 aromatic carbocycles. The summed E-state index contributed by atoms with van der Waals surface area (Å²) in [6, 6.07) is 26.2. The predicted molar refractivity (Wildman–Crippen MR) is 261 cm³/mol. The van der Waals surface area contributed by atoms with Crippen molar-refractivity contribution in [1.29, 1.82) is 0 Å². The Bertz CT molecular complexity index is 2510. The van der Waals surface area contributed by atoms with Gasteiger partial charge >= 0.3 is 11.9 Å². The van der Waals surface area contributed by atoms with Crippen LogP contribution < -0.4 is 0 Å². The molecule has 0 spiro atoms. The van der Waals surface area contributed by atoms with Crippen LogP contribution >= 0.6 is 0 Å². The van der Waals surface area contributed by atoms with Crippen LogP contribution in [-0.2, 0) is 36.0 Å². The van der Waals surface area contributed by atoms with Crippen molar-refractivity contribution >= 4 is 75.2 Å². The van der Waals surface area contributed by atoms with Crippen LogP contribution in [0.5, 0.6) is 0 Å². The van der Waals surface area contributed by atoms with Gasteiger partial charge in [0.05, 0.1) is 22.7 Å². The zero-order chi connectivity index (χ0) is 47.4. The Morgan fingerprint density at radius 2 is 0.841 bits per heavy atom. The maximum atomic E-state index is 11.3. The van der Waals surface area contributed by atoms with Crippen LogP contribution in [0, 0.1) is 6.92 Å². The number of benzene rings is 4. The van der Waals surface area contributed by atoms with E-state index in [1.807, 2.05) is 62.4 Å². The molecule has 0 fully saturated rings. The van der Waals surface area contributed by atoms with Crippen LogP contribution in [0.1, 0.15) is 152 Å². The summed E-state index contributed by atoms with van der Waals surface area (Å²) in [6.45, 7) is 36.6. The third-order valence-electron chi connectivity index (χ3n) is 12.7. The average molecular weight is 848 g/mol. The largest absolute Gasteiger partial charge is 0.501 e. The fourth-order valence-electron chi connectivity index (χ4n) is 7.31. The number of ether oxygens (including phenoxy) is 1. The molecule has 0 bridgehead atoms. The van der Waals surface area contributed by atoms with Gasteiger partial charge < -0.3 is 4.74 Å². The molecule has 0 radical (unpaired) electrons. The summed E-state index contributed by atoms with van der Waals surface area (Å²) < 4.78 is 3.86. The number of rotatable bonds is 3. The molecule has 0 amide bonds. The molecule has 63 heavy (non-hydrogen) atoms. The molecule has 4 aromatic rings. The summed E-state index contributed by atoms with van der Waals surface area (Å²) in [4.78, 5) is 60.2. The van der Waals surface area contributed by atoms with E-state index < -0.39 is 11.9 Å². The first-order valence-corrected chi connectivity index (χ1v) is 21.1. The van der Waals surface area contributed by atoms with Gasteiger partial charge in [0.25, 0.3) is 0 Å². The minimum atomic E-state index is -0.813. The number of aliphatic imine (C=N–C) groups is 4. The lowest BCUT2D eigenvalue weighted by molar-refractivity contribution is -0.154. The summed E-state index contributed by atoms with van der Waals surface area (Å²) in [6.07, 6.45) is 1.88. The fraction of sp³-hybridized carbons (Fsp3) is 0.352. The quantitative estimate of drug-likeness (QED) is 0.0878. The minimum absolute atomic E-state index is 0.0409. The first-order valence-electron chi connectivity index (χ1n) is 21.1. The van der Waals surface area contributed by atoms with E-state index in [9.17, 15) is 19.2 Å². The van der Waals surface area contributed by atoms with Crippen LogP contribution in [0.15, 0.2) is 105 Å². The molecular weight excluding hydrogens is 785 g/mol. The highest BCUT2D eigenvalue weighted by molar-refractivity contribution is 6.03. The second-order valence-electron chi connectivity index (χ2n) is 18.3. The average Bonchev–Trinajstić information content (AvgIpc) is 3.77. The van der Waals surface area contributed by atoms with E-state index >= 15 is 0 Å². The number of carbonyl (C=O) groups is 4. The molecule has 9 heteroatoms. The van der Waals surface area contributed by atoms with Gasteiger partial charge in [-0.15, -0.1) is 0 Å². The highest BCUT2D eigenvalue weighted by atomic mass is 16.6. The van der Waals surface area contributed by atoms with Gasteiger partial charge in [-0.3, -0.25) is 34.4 Å². The molecule has 9 nitrogen and oxygen atoms in total. The maximum Gasteiger partial charge on any atom is 0.501 e. The number of carbonyl (C=O) groups excluding carboxylic acids is 4. The third-order valence-corrected chi connectivity index (χ3v) is 12.7. The molecule has 0 aromatic heterocycles. The lowest BCUT2D eigenvalue weighted by Gasteiger charge is -2.20. The monoisotopic (exact) mass is 847 g/mol. The van der Waals surface area contributed by atoms with Crippen LogP contribution in [0.4, 0.5) is 22.7 Å². The molecule has 0 N–H and O–H groups in total. The van der Waals surface area contributed by atoms with Crippen molar-refractivity contribution < 1.29 is 23.9 Å². The number of hydrogen-bond donors (Lipinski definition) is 0. The predicted octanol–water partition coefficient (Wildman–Crippen LogP) is 13.2. The topological polar surface area (TPSA) is 127 Å². The van der Waals surface area contributed by atoms with Crippen molar-refractivity contribution in [3.05, 3.63) is 131 Å². The molecule has 0 atom stereocenters. The van der Waals surface area contributed by atoms with Crippen molar-refractivity contribution in [2.75, 3.05) is 0 Å². The van der Waals surface area contributed by atoms with Gasteiger partial charge in [0.2, 0.25) is 0 Å². The molecular formula is C54H63N4O5+. The van der Waals surface area contributed by atoms with Crippen molar-refractivity contribution in [3.63, 3.8) is 0 Å². The van der Waals surface area contributed by atoms with Gasteiger partial charge in [0.15, 0.2) is 18.5 Å². The van der Waals surface area contributed by atoms with Crippen molar-refractivity contribution in [2.24, 2.45) is 20.0 Å². The zero-order valence-corrected chi connectivity index (χ0v) is 39.8. The van der Waals surface area contributed by atoms with E-state index in [0.717, 1.165) is 63.4 Å². The van der Waals surface area contributed by atoms with E-state index in [0.29, 0.717) is 0 Å². The smallest absolute Gasteiger partial charge is 0.356 e. The molecule has 8 rings (SSSR count). The molecule has 4 heterocycles. The molecule has 328 valence electrons. The number of hydrogen-bond acceptors (Lipinski definition) is 9. The maximum absolute atomic E-state index is 11.3. The molecule has 4 aliphatic rings. The van der Waals surface area contributed by atoms with Crippen LogP contribution in [0.2, 0.25) is 0 Å². The van der Waals surface area contributed by atoms with Crippen molar-refractivity contribution in [1.82, 2.24) is 0 Å². The number of para-hydroxylation sites is 1. The Hall–Kier alpha value is -6.35. The first-order chi connectivity index (χ1) is 29.2. The highest BCUT2D eigenvalue weighted by Crippen LogP contribution is 2.43. The Balaban J connectivity index is 0.000000176. The third kappa shape index (κ3) is 10.8. The normalized spacial score (nSPS) is 16.5. The van der Waals surface area contributed by atoms with Gasteiger partial charge in [-0.2, -0.15) is 4.79 Å². The van der Waals surface area contributed by atoms with Gasteiger partial charge in [-0.05, 0) is 124 Å². The second kappa shape index (κ2) is 19.0. The Labute approximate surface area is 374 Å². The number of ketones is 2. The van der Waals surface area contributed by atoms with Gasteiger partial charge in [0.1, 0.15) is 0 Å². The second-order valence-corrected chi connectivity index (χ2v) is 18.3. The highest BCUT2D eigenvalue weighted by Gasteiger charge is 2.35. The summed E-state index contributed by atoms with van der Waals surface area (Å²) in [5.74, 6) is -1.22. The zero-order valence-electron chi connectivity index (χ0n) is 39.8. The summed E-state index contributed by atoms with van der Waals surface area (Å²) in [5.41, 5.74) is 16.7. The molecule has 0 saturated heterocycles. The van der Waals surface area contributed by atoms with E-state index in [1.165, 1.54) is 28.1 Å². The first kappa shape index (κ1) is 49.3. The van der Waals surface area contributed by atoms with Crippen molar-refractivity contribution in [3.8, 4) is 0 Å². The number of esters is 2. The minimum Gasteiger partial charge on any atom is -0.356 e. The molecule has 4 aliphatic heterocycles. The van der Waals surface area contributed by atoms with Crippen LogP contribution in [-0.4, -0.2) is 46.4 Å². The standard InChI is InChI=1S/2C13H15NO.C13H15N.C11H13N.C4H5O3/c2*1-8(15)10-5-6-12-11(7-10)13(3,4)9(2)14-12;1-5-10-6-7-12-11(8-10)13(3,4)9(2)14-12;1-8-11(2,3)9-6-4-5-7-10(9)12-8;1-3(5)7-4(2)6/h2*5-7H,1-4H3;5-8H,1H2,2-4H3;4-7H,1-3H3;1H2,2H3/q;;;;+1. The fourth-order valence-corrected chi connectivity index (χ4v) is 7.31. The van der Waals surface area contributed by atoms with Gasteiger partial charge in [-0.1, -0.05) is 92.3 Å². The Morgan fingerprint density at radius 3 is 1.16 bits per heavy atom. The number of nitrogens with zero attached hydrogens (tertiary/aromatic N) is 4. The number of fused-ring (bicyclic) bond motifs is 4. The van der Waals surface area contributed by atoms with E-state index in [4.69, 9.17) is 0 Å². The SMILES string of the molecule is C=Cc1ccc2c(c1)C(C)(C)C(C)=N2.CC(=O)c1ccc2c(c1)C(C)(C)C(C)=N2.CC(=O)c1ccc2c(c1)C(C)(C)C(C)=N2.CC1=Nc2ccccc2C1(C)C.[CH2+]C(=O)OC(C)=O. The lowest BCUT2D eigenvalue weighted by atomic mass is 9.81. The Kier molecular flexibility index (Phi) is 14.8. The Morgan fingerprint density at radius 1 is 0.508 bits per heavy atom. The molecule has 0 aliphatic carbocycles. The lowest BCUT2D eigenvalue weighted by Crippen LogP contribution is -2.22. The molecule has 0 saturated carbocycles. The summed E-state index contributed by atoms with van der Waals surface area (Å²) in [5, 5.41) is 0. The van der Waals surface area contributed by atoms with E-state index in [2.05, 4.69) is 144 Å². The number of Topliss-reactive ketones (excluding diaryl/α,β-unsaturated/α-hetero) is 2. The van der Waals surface area contributed by atoms with Gasteiger partial charge in [-0.25, -0.2) is 0 Å². The van der Waals surface area contributed by atoms with Crippen molar-refractivity contribution in [2.45, 2.75) is 126 Å².